The lowest BCUT2D eigenvalue weighted by Crippen LogP contribution is -2.30. The Hall–Kier alpha value is -1.94. The van der Waals surface area contributed by atoms with Crippen LogP contribution in [0, 0.1) is 17.8 Å². The van der Waals surface area contributed by atoms with Crippen molar-refractivity contribution in [3.05, 3.63) is 0 Å². The molecule has 0 aliphatic carbocycles. The monoisotopic (exact) mass is 1540 g/mol. The molecule has 6 atom stereocenters. The summed E-state index contributed by atoms with van der Waals surface area (Å²) in [6.45, 7) is 12.1. The van der Waals surface area contributed by atoms with Crippen LogP contribution in [0.15, 0.2) is 0 Å². The third-order valence-electron chi connectivity index (χ3n) is 20.5. The molecule has 0 aliphatic heterocycles. The van der Waals surface area contributed by atoms with Gasteiger partial charge in [-0.05, 0) is 43.4 Å². The molecule has 105 heavy (non-hydrogen) atoms. The minimum absolute atomic E-state index is 0.108. The number of hydrogen-bond acceptors (Lipinski definition) is 15. The number of aliphatic hydroxyl groups excluding tert-OH is 1. The minimum Gasteiger partial charge on any atom is -0.462 e. The number of carbonyl (C=O) groups is 4. The molecule has 0 radical (unpaired) electrons. The molecule has 19 heteroatoms. The van der Waals surface area contributed by atoms with Gasteiger partial charge < -0.3 is 33.8 Å². The van der Waals surface area contributed by atoms with Crippen molar-refractivity contribution in [1.82, 2.24) is 0 Å². The Labute approximate surface area is 645 Å². The zero-order valence-electron chi connectivity index (χ0n) is 69.2. The zero-order chi connectivity index (χ0) is 77.2. The van der Waals surface area contributed by atoms with Crippen LogP contribution in [-0.2, 0) is 65.4 Å². The van der Waals surface area contributed by atoms with Gasteiger partial charge in [0, 0.05) is 25.7 Å². The van der Waals surface area contributed by atoms with Gasteiger partial charge in [0.25, 0.3) is 0 Å². The SMILES string of the molecule is CCCCCCCCCCCCCCCCC(=O)O[C@H](COC(=O)CCCCCCCCCCCC(C)C)COP(=O)(O)OC[C@H](O)COP(=O)(O)OC[C@@H](COC(=O)CCCCCCCCCCCCCCCCC(C)CC)OC(=O)CCCCCCCCCCCCCCCCCCCCC(C)C. The summed E-state index contributed by atoms with van der Waals surface area (Å²) in [4.78, 5) is 73.2. The number of rotatable bonds is 84. The van der Waals surface area contributed by atoms with Crippen LogP contribution in [0.5, 0.6) is 0 Å². The molecule has 0 bridgehead atoms. The van der Waals surface area contributed by atoms with Gasteiger partial charge in [-0.3, -0.25) is 37.3 Å². The van der Waals surface area contributed by atoms with Crippen LogP contribution in [0.25, 0.3) is 0 Å². The summed E-state index contributed by atoms with van der Waals surface area (Å²) in [5, 5.41) is 10.7. The number of phosphoric acid groups is 2. The maximum atomic E-state index is 13.2. The van der Waals surface area contributed by atoms with Gasteiger partial charge in [-0.15, -0.1) is 0 Å². The second-order valence-electron chi connectivity index (χ2n) is 32.1. The predicted octanol–water partition coefficient (Wildman–Crippen LogP) is 26.1. The summed E-state index contributed by atoms with van der Waals surface area (Å²) in [6, 6.07) is 0. The van der Waals surface area contributed by atoms with E-state index in [0.717, 1.165) is 108 Å². The van der Waals surface area contributed by atoms with Crippen molar-refractivity contribution in [1.29, 1.82) is 0 Å². The van der Waals surface area contributed by atoms with E-state index in [9.17, 15) is 43.2 Å². The molecule has 0 fully saturated rings. The van der Waals surface area contributed by atoms with E-state index in [1.165, 1.54) is 263 Å². The Kier molecular flexibility index (Phi) is 74.7. The summed E-state index contributed by atoms with van der Waals surface area (Å²) >= 11 is 0. The highest BCUT2D eigenvalue weighted by Gasteiger charge is 2.30. The normalized spacial score (nSPS) is 14.1. The number of carbonyl (C=O) groups excluding carboxylic acids is 4. The zero-order valence-corrected chi connectivity index (χ0v) is 71.0. The Morgan fingerprint density at radius 3 is 0.724 bits per heavy atom. The first-order chi connectivity index (χ1) is 50.8. The van der Waals surface area contributed by atoms with E-state index < -0.39 is 97.5 Å². The summed E-state index contributed by atoms with van der Waals surface area (Å²) in [5.74, 6) is 0.311. The maximum Gasteiger partial charge on any atom is 0.472 e. The first-order valence-corrected chi connectivity index (χ1v) is 47.4. The third kappa shape index (κ3) is 78.5. The predicted molar refractivity (Wildman–Crippen MR) is 432 cm³/mol. The van der Waals surface area contributed by atoms with Gasteiger partial charge in [0.05, 0.1) is 26.4 Å². The van der Waals surface area contributed by atoms with E-state index in [1.807, 2.05) is 0 Å². The fourth-order valence-corrected chi connectivity index (χ4v) is 14.9. The number of esters is 4. The third-order valence-corrected chi connectivity index (χ3v) is 22.4. The molecule has 0 amide bonds. The molecular formula is C86H168O17P2. The highest BCUT2D eigenvalue weighted by molar-refractivity contribution is 7.47. The van der Waals surface area contributed by atoms with E-state index in [-0.39, 0.29) is 25.7 Å². The van der Waals surface area contributed by atoms with Crippen LogP contribution in [-0.4, -0.2) is 96.7 Å². The molecule has 0 saturated heterocycles. The topological polar surface area (TPSA) is 237 Å². The molecule has 0 aromatic heterocycles. The number of ether oxygens (including phenoxy) is 4. The van der Waals surface area contributed by atoms with Crippen molar-refractivity contribution < 1.29 is 80.2 Å². The van der Waals surface area contributed by atoms with Gasteiger partial charge in [-0.25, -0.2) is 9.13 Å². The Balaban J connectivity index is 5.25. The van der Waals surface area contributed by atoms with Crippen molar-refractivity contribution in [2.45, 2.75) is 471 Å². The lowest BCUT2D eigenvalue weighted by atomic mass is 9.99. The minimum atomic E-state index is -4.97. The fourth-order valence-electron chi connectivity index (χ4n) is 13.3. The first-order valence-electron chi connectivity index (χ1n) is 44.4. The first kappa shape index (κ1) is 103. The van der Waals surface area contributed by atoms with Gasteiger partial charge in [-0.2, -0.15) is 0 Å². The molecule has 624 valence electrons. The van der Waals surface area contributed by atoms with Crippen molar-refractivity contribution >= 4 is 39.5 Å². The quantitative estimate of drug-likeness (QED) is 0.0222. The van der Waals surface area contributed by atoms with Gasteiger partial charge in [0.15, 0.2) is 12.2 Å². The second kappa shape index (κ2) is 76.1. The molecule has 0 rings (SSSR count). The molecule has 17 nitrogen and oxygen atoms in total. The van der Waals surface area contributed by atoms with Crippen LogP contribution < -0.4 is 0 Å². The van der Waals surface area contributed by atoms with Gasteiger partial charge in [0.1, 0.15) is 19.3 Å². The summed E-state index contributed by atoms with van der Waals surface area (Å²) in [7, 11) is -9.93. The standard InChI is InChI=1S/C86H168O17P2/c1-8-10-11-12-13-14-15-16-27-33-40-48-55-62-69-85(90)103-82(74-97-84(89)68-61-54-47-42-35-37-44-51-58-65-78(5)6)76-101-105(94,95)99-72-80(87)71-98-104(92,93)100-75-81(73-96-83(88)67-60-53-46-39-32-28-24-23-26-31-38-45-52-59-66-79(7)9-2)102-86(91)70-63-56-49-41-34-29-22-20-18-17-19-21-25-30-36-43-50-57-64-77(3)4/h77-82,87H,8-76H2,1-7H3,(H,92,93)(H,94,95)/t79?,80-,81-,82-/m1/s1. The van der Waals surface area contributed by atoms with E-state index >= 15 is 0 Å². The van der Waals surface area contributed by atoms with E-state index in [2.05, 4.69) is 48.5 Å². The van der Waals surface area contributed by atoms with Gasteiger partial charge in [0.2, 0.25) is 0 Å². The number of unbranched alkanes of at least 4 members (excludes halogenated alkanes) is 51. The van der Waals surface area contributed by atoms with E-state index in [4.69, 9.17) is 37.0 Å². The van der Waals surface area contributed by atoms with E-state index in [0.29, 0.717) is 25.7 Å². The lowest BCUT2D eigenvalue weighted by molar-refractivity contribution is -0.161. The molecule has 0 aromatic carbocycles. The van der Waals surface area contributed by atoms with E-state index in [1.54, 1.807) is 0 Å². The van der Waals surface area contributed by atoms with Crippen molar-refractivity contribution in [3.8, 4) is 0 Å². The Morgan fingerprint density at radius 1 is 0.276 bits per heavy atom. The van der Waals surface area contributed by atoms with Crippen LogP contribution in [0.3, 0.4) is 0 Å². The molecule has 3 unspecified atom stereocenters. The average Bonchev–Trinajstić information content (AvgIpc) is 0.977. The molecular weight excluding hydrogens is 1370 g/mol. The van der Waals surface area contributed by atoms with Crippen molar-refractivity contribution in [2.24, 2.45) is 17.8 Å². The highest BCUT2D eigenvalue weighted by atomic mass is 31.2. The summed E-state index contributed by atoms with van der Waals surface area (Å²) in [6.07, 6.45) is 66.5. The number of phosphoric ester groups is 2. The maximum absolute atomic E-state index is 13.2. The second-order valence-corrected chi connectivity index (χ2v) is 35.0. The molecule has 0 heterocycles. The average molecular weight is 1540 g/mol. The van der Waals surface area contributed by atoms with Gasteiger partial charge >= 0.3 is 39.5 Å². The molecule has 0 saturated carbocycles. The van der Waals surface area contributed by atoms with Crippen molar-refractivity contribution in [3.63, 3.8) is 0 Å². The largest absolute Gasteiger partial charge is 0.472 e. The number of aliphatic hydroxyl groups is 1. The van der Waals surface area contributed by atoms with Crippen LogP contribution >= 0.6 is 15.6 Å². The smallest absolute Gasteiger partial charge is 0.462 e. The Bertz CT molecular complexity index is 2030. The molecule has 0 aliphatic rings. The molecule has 0 spiro atoms. The number of hydrogen-bond donors (Lipinski definition) is 3. The summed E-state index contributed by atoms with van der Waals surface area (Å²) < 4.78 is 68.9. The van der Waals surface area contributed by atoms with Crippen LogP contribution in [0.4, 0.5) is 0 Å². The Morgan fingerprint density at radius 2 is 0.486 bits per heavy atom. The van der Waals surface area contributed by atoms with Crippen molar-refractivity contribution in [2.75, 3.05) is 39.6 Å². The summed E-state index contributed by atoms with van der Waals surface area (Å²) in [5.41, 5.74) is 0. The highest BCUT2D eigenvalue weighted by Crippen LogP contribution is 2.45. The van der Waals surface area contributed by atoms with Crippen LogP contribution in [0.2, 0.25) is 0 Å². The molecule has 3 N–H and O–H groups in total. The van der Waals surface area contributed by atoms with Gasteiger partial charge in [-0.1, -0.05) is 402 Å². The fraction of sp³-hybridized carbons (Fsp3) is 0.953. The lowest BCUT2D eigenvalue weighted by Gasteiger charge is -2.21. The van der Waals surface area contributed by atoms with Crippen LogP contribution in [0.1, 0.15) is 453 Å². The molecule has 0 aromatic rings.